The second kappa shape index (κ2) is 7.70. The zero-order valence-electron chi connectivity index (χ0n) is 13.3. The van der Waals surface area contributed by atoms with Gasteiger partial charge in [0.1, 0.15) is 0 Å². The Bertz CT molecular complexity index is 715. The van der Waals surface area contributed by atoms with E-state index in [1.165, 1.54) is 6.07 Å². The molecule has 1 aromatic heterocycles. The number of amides is 1. The van der Waals surface area contributed by atoms with Crippen LogP contribution in [0.5, 0.6) is 0 Å². The molecule has 0 aliphatic rings. The Labute approximate surface area is 142 Å². The highest BCUT2D eigenvalue weighted by molar-refractivity contribution is 7.99. The molecule has 2 rings (SSSR count). The van der Waals surface area contributed by atoms with Crippen LogP contribution in [-0.2, 0) is 17.4 Å². The number of nitrogens with zero attached hydrogens (tertiary/aromatic N) is 1. The SMILES string of the molecule is CCc1cccc(C)c1NC(=O)CSc1ccc(C(F)(F)F)cn1. The maximum Gasteiger partial charge on any atom is 0.417 e. The molecule has 0 aliphatic carbocycles. The average molecular weight is 354 g/mol. The Kier molecular flexibility index (Phi) is 5.88. The number of anilines is 1. The summed E-state index contributed by atoms with van der Waals surface area (Å²) in [5.74, 6) is -0.138. The average Bonchev–Trinajstić information content (AvgIpc) is 2.54. The van der Waals surface area contributed by atoms with Gasteiger partial charge in [0.05, 0.1) is 16.3 Å². The van der Waals surface area contributed by atoms with Crippen molar-refractivity contribution in [3.05, 3.63) is 53.2 Å². The summed E-state index contributed by atoms with van der Waals surface area (Å²) >= 11 is 1.10. The molecule has 1 N–H and O–H groups in total. The van der Waals surface area contributed by atoms with Crippen LogP contribution in [0.1, 0.15) is 23.6 Å². The molecule has 1 heterocycles. The van der Waals surface area contributed by atoms with Crippen molar-refractivity contribution in [3.8, 4) is 0 Å². The lowest BCUT2D eigenvalue weighted by molar-refractivity contribution is -0.137. The molecule has 1 aromatic carbocycles. The van der Waals surface area contributed by atoms with E-state index in [9.17, 15) is 18.0 Å². The summed E-state index contributed by atoms with van der Waals surface area (Å²) in [5, 5.41) is 3.24. The van der Waals surface area contributed by atoms with Crippen LogP contribution in [0.15, 0.2) is 41.6 Å². The molecule has 7 heteroatoms. The number of carbonyl (C=O) groups is 1. The van der Waals surface area contributed by atoms with Gasteiger partial charge in [-0.15, -0.1) is 0 Å². The van der Waals surface area contributed by atoms with Gasteiger partial charge in [-0.3, -0.25) is 4.79 Å². The summed E-state index contributed by atoms with van der Waals surface area (Å²) in [5.41, 5.74) is 2.01. The van der Waals surface area contributed by atoms with Gasteiger partial charge in [-0.05, 0) is 36.6 Å². The number of hydrogen-bond donors (Lipinski definition) is 1. The molecule has 0 radical (unpaired) electrons. The first kappa shape index (κ1) is 18.3. The molecule has 24 heavy (non-hydrogen) atoms. The Morgan fingerprint density at radius 1 is 1.25 bits per heavy atom. The summed E-state index contributed by atoms with van der Waals surface area (Å²) in [6.07, 6.45) is -2.84. The maximum absolute atomic E-state index is 12.5. The third-order valence-corrected chi connectivity index (χ3v) is 4.36. The number of rotatable bonds is 5. The number of pyridine rings is 1. The van der Waals surface area contributed by atoms with E-state index in [4.69, 9.17) is 0 Å². The van der Waals surface area contributed by atoms with Crippen molar-refractivity contribution < 1.29 is 18.0 Å². The van der Waals surface area contributed by atoms with E-state index < -0.39 is 11.7 Å². The number of thioether (sulfide) groups is 1. The summed E-state index contributed by atoms with van der Waals surface area (Å²) in [4.78, 5) is 15.8. The number of alkyl halides is 3. The van der Waals surface area contributed by atoms with Crippen molar-refractivity contribution in [1.82, 2.24) is 4.98 Å². The van der Waals surface area contributed by atoms with Gasteiger partial charge in [0.2, 0.25) is 5.91 Å². The van der Waals surface area contributed by atoms with Crippen LogP contribution in [-0.4, -0.2) is 16.6 Å². The van der Waals surface area contributed by atoms with Gasteiger partial charge in [-0.25, -0.2) is 4.98 Å². The Morgan fingerprint density at radius 3 is 2.58 bits per heavy atom. The van der Waals surface area contributed by atoms with E-state index in [0.29, 0.717) is 5.03 Å². The van der Waals surface area contributed by atoms with Crippen molar-refractivity contribution in [2.75, 3.05) is 11.1 Å². The molecule has 0 fully saturated rings. The van der Waals surface area contributed by atoms with E-state index in [2.05, 4.69) is 10.3 Å². The highest BCUT2D eigenvalue weighted by atomic mass is 32.2. The molecule has 2 aromatic rings. The van der Waals surface area contributed by atoms with Crippen molar-refractivity contribution in [2.24, 2.45) is 0 Å². The number of halogens is 3. The van der Waals surface area contributed by atoms with Gasteiger partial charge in [0.25, 0.3) is 0 Å². The van der Waals surface area contributed by atoms with Crippen LogP contribution >= 0.6 is 11.8 Å². The predicted octanol–water partition coefficient (Wildman–Crippen LogP) is 4.70. The minimum Gasteiger partial charge on any atom is -0.325 e. The maximum atomic E-state index is 12.5. The van der Waals surface area contributed by atoms with E-state index >= 15 is 0 Å². The molecule has 1 amide bonds. The lowest BCUT2D eigenvalue weighted by Crippen LogP contribution is -2.16. The van der Waals surface area contributed by atoms with E-state index in [-0.39, 0.29) is 11.7 Å². The van der Waals surface area contributed by atoms with Gasteiger partial charge in [0, 0.05) is 11.9 Å². The summed E-state index contributed by atoms with van der Waals surface area (Å²) < 4.78 is 37.4. The van der Waals surface area contributed by atoms with Gasteiger partial charge in [-0.1, -0.05) is 36.9 Å². The lowest BCUT2D eigenvalue weighted by atomic mass is 10.1. The summed E-state index contributed by atoms with van der Waals surface area (Å²) in [7, 11) is 0. The lowest BCUT2D eigenvalue weighted by Gasteiger charge is -2.12. The zero-order valence-corrected chi connectivity index (χ0v) is 14.1. The van der Waals surface area contributed by atoms with Crippen molar-refractivity contribution in [3.63, 3.8) is 0 Å². The number of hydrogen-bond acceptors (Lipinski definition) is 3. The molecule has 0 atom stereocenters. The summed E-state index contributed by atoms with van der Waals surface area (Å²) in [6.45, 7) is 3.92. The molecule has 0 saturated heterocycles. The molecular formula is C17H17F3N2OS. The quantitative estimate of drug-likeness (QED) is 0.791. The third kappa shape index (κ3) is 4.74. The smallest absolute Gasteiger partial charge is 0.325 e. The zero-order chi connectivity index (χ0) is 17.7. The largest absolute Gasteiger partial charge is 0.417 e. The molecule has 0 bridgehead atoms. The first-order valence-corrected chi connectivity index (χ1v) is 8.34. The van der Waals surface area contributed by atoms with E-state index in [0.717, 1.165) is 47.3 Å². The molecule has 0 aliphatic heterocycles. The first-order chi connectivity index (χ1) is 11.3. The Hall–Kier alpha value is -2.02. The van der Waals surface area contributed by atoms with E-state index in [1.54, 1.807) is 0 Å². The first-order valence-electron chi connectivity index (χ1n) is 7.35. The monoisotopic (exact) mass is 354 g/mol. The number of para-hydroxylation sites is 1. The fourth-order valence-corrected chi connectivity index (χ4v) is 2.79. The topological polar surface area (TPSA) is 42.0 Å². The fraction of sp³-hybridized carbons (Fsp3) is 0.294. The molecule has 0 saturated carbocycles. The molecule has 3 nitrogen and oxygen atoms in total. The molecule has 0 unspecified atom stereocenters. The fourth-order valence-electron chi connectivity index (χ4n) is 2.15. The highest BCUT2D eigenvalue weighted by Gasteiger charge is 2.30. The van der Waals surface area contributed by atoms with E-state index in [1.807, 2.05) is 32.0 Å². The third-order valence-electron chi connectivity index (χ3n) is 3.42. The summed E-state index contributed by atoms with van der Waals surface area (Å²) in [6, 6.07) is 8.03. The van der Waals surface area contributed by atoms with Gasteiger partial charge in [0.15, 0.2) is 0 Å². The second-order valence-electron chi connectivity index (χ2n) is 5.18. The van der Waals surface area contributed by atoms with Gasteiger partial charge < -0.3 is 5.32 Å². The minimum atomic E-state index is -4.41. The Morgan fingerprint density at radius 2 is 2.00 bits per heavy atom. The number of aromatic nitrogens is 1. The second-order valence-corrected chi connectivity index (χ2v) is 6.18. The minimum absolute atomic E-state index is 0.0792. The standard InChI is InChI=1S/C17H17F3N2OS/c1-3-12-6-4-5-11(2)16(12)22-14(23)10-24-15-8-7-13(9-21-15)17(18,19)20/h4-9H,3,10H2,1-2H3,(H,22,23). The van der Waals surface area contributed by atoms with Crippen LogP contribution in [0.25, 0.3) is 0 Å². The normalized spacial score (nSPS) is 11.4. The van der Waals surface area contributed by atoms with Crippen LogP contribution < -0.4 is 5.32 Å². The van der Waals surface area contributed by atoms with Crippen LogP contribution in [0.2, 0.25) is 0 Å². The Balaban J connectivity index is 1.97. The van der Waals surface area contributed by atoms with Gasteiger partial charge in [-0.2, -0.15) is 13.2 Å². The highest BCUT2D eigenvalue weighted by Crippen LogP contribution is 2.29. The number of carbonyl (C=O) groups excluding carboxylic acids is 1. The van der Waals surface area contributed by atoms with Crippen LogP contribution in [0, 0.1) is 6.92 Å². The van der Waals surface area contributed by atoms with Gasteiger partial charge >= 0.3 is 6.18 Å². The van der Waals surface area contributed by atoms with Crippen LogP contribution in [0.4, 0.5) is 18.9 Å². The molecular weight excluding hydrogens is 337 g/mol. The number of aryl methyl sites for hydroxylation is 2. The van der Waals surface area contributed by atoms with Crippen LogP contribution in [0.3, 0.4) is 0 Å². The number of benzene rings is 1. The van der Waals surface area contributed by atoms with Crippen molar-refractivity contribution in [1.29, 1.82) is 0 Å². The van der Waals surface area contributed by atoms with Crippen molar-refractivity contribution in [2.45, 2.75) is 31.5 Å². The number of nitrogens with one attached hydrogen (secondary N) is 1. The molecule has 0 spiro atoms. The van der Waals surface area contributed by atoms with Crippen molar-refractivity contribution >= 4 is 23.4 Å². The predicted molar refractivity (Wildman–Crippen MR) is 89.1 cm³/mol. The molecule has 128 valence electrons.